The van der Waals surface area contributed by atoms with Crippen molar-refractivity contribution >= 4 is 55.8 Å². The Morgan fingerprint density at radius 3 is 1.08 bits per heavy atom. The van der Waals surface area contributed by atoms with Crippen molar-refractivity contribution in [3.63, 3.8) is 0 Å². The minimum absolute atomic E-state index is 0.214. The summed E-state index contributed by atoms with van der Waals surface area (Å²) in [4.78, 5) is 30.0. The van der Waals surface area contributed by atoms with Gasteiger partial charge in [-0.15, -0.1) is 0 Å². The maximum atomic E-state index is 14.0. The Hall–Kier alpha value is -6.20. The lowest BCUT2D eigenvalue weighted by Gasteiger charge is -2.15. The van der Waals surface area contributed by atoms with Crippen molar-refractivity contribution in [2.75, 3.05) is 42.5 Å². The maximum Gasteiger partial charge on any atom is 0.424 e. The van der Waals surface area contributed by atoms with Crippen molar-refractivity contribution < 1.29 is 38.0 Å². The Kier molecular flexibility index (Phi) is 8.42. The van der Waals surface area contributed by atoms with E-state index in [1.54, 1.807) is 64.8 Å². The molecule has 0 bridgehead atoms. The van der Waals surface area contributed by atoms with Crippen LogP contribution in [0.2, 0.25) is 0 Å². The molecule has 0 unspecified atom stereocenters. The lowest BCUT2D eigenvalue weighted by molar-refractivity contribution is 0.202. The normalized spacial score (nSPS) is 11.4. The van der Waals surface area contributed by atoms with Gasteiger partial charge in [-0.05, 0) is 105 Å². The number of aromatic nitrogens is 2. The van der Waals surface area contributed by atoms with Crippen LogP contribution in [0.3, 0.4) is 0 Å². The van der Waals surface area contributed by atoms with Crippen molar-refractivity contribution in [3.8, 4) is 34.5 Å². The molecule has 0 aliphatic carbocycles. The van der Waals surface area contributed by atoms with Crippen LogP contribution in [0.25, 0.3) is 43.6 Å². The third-order valence-corrected chi connectivity index (χ3v) is 8.57. The fourth-order valence-electron chi connectivity index (χ4n) is 6.36. The summed E-state index contributed by atoms with van der Waals surface area (Å²) in [5.74, 6) is 3.03. The molecule has 0 aliphatic rings. The molecule has 0 saturated carbocycles. The van der Waals surface area contributed by atoms with Crippen molar-refractivity contribution in [2.45, 2.75) is 6.54 Å². The summed E-state index contributed by atoms with van der Waals surface area (Å²) in [5.41, 5.74) is 3.31. The van der Waals surface area contributed by atoms with Crippen molar-refractivity contribution in [1.29, 1.82) is 0 Å². The second-order valence-corrected chi connectivity index (χ2v) is 12.0. The molecule has 2 aromatic heterocycles. The number of methoxy groups -OCH3 is 4. The highest BCUT2D eigenvalue weighted by molar-refractivity contribution is 6.14. The van der Waals surface area contributed by atoms with Gasteiger partial charge in [0.1, 0.15) is 34.5 Å². The van der Waals surface area contributed by atoms with E-state index >= 15 is 0 Å². The van der Waals surface area contributed by atoms with E-state index in [9.17, 15) is 9.59 Å². The number of carbonyl (C=O) groups is 2. The zero-order valence-corrected chi connectivity index (χ0v) is 28.5. The summed E-state index contributed by atoms with van der Waals surface area (Å²) >= 11 is 0. The second-order valence-electron chi connectivity index (χ2n) is 12.0. The van der Waals surface area contributed by atoms with Crippen LogP contribution in [0, 0.1) is 0 Å². The first kappa shape index (κ1) is 32.4. The Balaban J connectivity index is 1.28. The molecule has 0 aliphatic heterocycles. The summed E-state index contributed by atoms with van der Waals surface area (Å²) in [6.07, 6.45) is -1.27. The van der Waals surface area contributed by atoms with E-state index in [1.807, 2.05) is 67.5 Å². The van der Waals surface area contributed by atoms with Crippen molar-refractivity contribution in [2.24, 2.45) is 0 Å². The molecule has 0 radical (unpaired) electrons. The van der Waals surface area contributed by atoms with Crippen LogP contribution < -0.4 is 28.4 Å². The SMILES string of the molecule is COc1ccc2c(c1)c1cc(OC)ccc1n2C(=O)Oc1cc(CN(C)C)cc(OC(=O)n2c3ccc(OC)cc3c3cc(OC)ccc32)c1. The zero-order chi connectivity index (χ0) is 35.1. The predicted molar refractivity (Wildman–Crippen MR) is 192 cm³/mol. The van der Waals surface area contributed by atoms with Crippen LogP contribution in [0.1, 0.15) is 5.56 Å². The van der Waals surface area contributed by atoms with Gasteiger partial charge in [0.15, 0.2) is 0 Å². The van der Waals surface area contributed by atoms with Gasteiger partial charge in [0, 0.05) is 34.2 Å². The molecule has 7 rings (SSSR count). The van der Waals surface area contributed by atoms with Gasteiger partial charge in [0.2, 0.25) is 0 Å². The second kappa shape index (κ2) is 13.0. The maximum absolute atomic E-state index is 14.0. The van der Waals surface area contributed by atoms with E-state index in [0.29, 0.717) is 51.6 Å². The van der Waals surface area contributed by atoms with Crippen LogP contribution >= 0.6 is 0 Å². The molecule has 254 valence electrons. The summed E-state index contributed by atoms with van der Waals surface area (Å²) in [6, 6.07) is 27.0. The molecule has 5 aromatic carbocycles. The van der Waals surface area contributed by atoms with Gasteiger partial charge in [-0.2, -0.15) is 0 Å². The van der Waals surface area contributed by atoms with E-state index in [4.69, 9.17) is 28.4 Å². The lowest BCUT2D eigenvalue weighted by Crippen LogP contribution is -2.18. The summed E-state index contributed by atoms with van der Waals surface area (Å²) in [6.45, 7) is 0.500. The molecule has 0 N–H and O–H groups in total. The summed E-state index contributed by atoms with van der Waals surface area (Å²) < 4.78 is 36.9. The first-order valence-corrected chi connectivity index (χ1v) is 15.8. The molecule has 0 atom stereocenters. The fourth-order valence-corrected chi connectivity index (χ4v) is 6.36. The Bertz CT molecular complexity index is 2160. The molecule has 2 heterocycles. The van der Waals surface area contributed by atoms with Crippen LogP contribution in [0.4, 0.5) is 9.59 Å². The van der Waals surface area contributed by atoms with E-state index in [-0.39, 0.29) is 11.5 Å². The number of carbonyl (C=O) groups excluding carboxylic acids is 2. The third-order valence-electron chi connectivity index (χ3n) is 8.57. The van der Waals surface area contributed by atoms with Crippen molar-refractivity contribution in [1.82, 2.24) is 14.0 Å². The van der Waals surface area contributed by atoms with Gasteiger partial charge >= 0.3 is 12.2 Å². The van der Waals surface area contributed by atoms with E-state index in [2.05, 4.69) is 0 Å². The van der Waals surface area contributed by atoms with E-state index in [0.717, 1.165) is 27.1 Å². The van der Waals surface area contributed by atoms with Crippen molar-refractivity contribution in [3.05, 3.63) is 96.6 Å². The number of hydrogen-bond donors (Lipinski definition) is 0. The molecule has 0 amide bonds. The molecule has 11 heteroatoms. The highest BCUT2D eigenvalue weighted by Crippen LogP contribution is 2.36. The fraction of sp³-hybridized carbons (Fsp3) is 0.179. The van der Waals surface area contributed by atoms with Gasteiger partial charge < -0.3 is 33.3 Å². The highest BCUT2D eigenvalue weighted by Gasteiger charge is 2.22. The molecule has 7 aromatic rings. The monoisotopic (exact) mass is 673 g/mol. The average Bonchev–Trinajstić information content (AvgIpc) is 3.62. The quantitative estimate of drug-likeness (QED) is 0.158. The van der Waals surface area contributed by atoms with Crippen LogP contribution in [0.15, 0.2) is 91.0 Å². The zero-order valence-electron chi connectivity index (χ0n) is 28.5. The molecule has 50 heavy (non-hydrogen) atoms. The number of ether oxygens (including phenoxy) is 6. The van der Waals surface area contributed by atoms with Crippen LogP contribution in [-0.4, -0.2) is 68.8 Å². The van der Waals surface area contributed by atoms with Gasteiger partial charge in [-0.3, -0.25) is 0 Å². The predicted octanol–water partition coefficient (Wildman–Crippen LogP) is 8.09. The average molecular weight is 674 g/mol. The largest absolute Gasteiger partial charge is 0.497 e. The minimum atomic E-state index is -0.634. The summed E-state index contributed by atoms with van der Waals surface area (Å²) in [7, 11) is 10.2. The Morgan fingerprint density at radius 1 is 0.480 bits per heavy atom. The highest BCUT2D eigenvalue weighted by atomic mass is 16.6. The van der Waals surface area contributed by atoms with Gasteiger partial charge in [0.25, 0.3) is 0 Å². The molecular formula is C39H35N3O8. The number of hydrogen-bond acceptors (Lipinski definition) is 9. The van der Waals surface area contributed by atoms with Crippen LogP contribution in [0.5, 0.6) is 34.5 Å². The van der Waals surface area contributed by atoms with E-state index < -0.39 is 12.2 Å². The first-order valence-electron chi connectivity index (χ1n) is 15.8. The molecule has 0 saturated heterocycles. The van der Waals surface area contributed by atoms with E-state index in [1.165, 1.54) is 15.2 Å². The van der Waals surface area contributed by atoms with Gasteiger partial charge in [-0.25, -0.2) is 18.7 Å². The van der Waals surface area contributed by atoms with Gasteiger partial charge in [0.05, 0.1) is 50.5 Å². The topological polar surface area (TPSA) is 103 Å². The molecule has 0 spiro atoms. The Morgan fingerprint density at radius 2 is 0.800 bits per heavy atom. The summed E-state index contributed by atoms with van der Waals surface area (Å²) in [5, 5.41) is 3.19. The first-order chi connectivity index (χ1) is 24.2. The molecule has 11 nitrogen and oxygen atoms in total. The van der Waals surface area contributed by atoms with Gasteiger partial charge in [-0.1, -0.05) is 0 Å². The number of rotatable bonds is 8. The number of fused-ring (bicyclic) bond motifs is 6. The number of benzene rings is 5. The lowest BCUT2D eigenvalue weighted by atomic mass is 10.1. The smallest absolute Gasteiger partial charge is 0.424 e. The minimum Gasteiger partial charge on any atom is -0.497 e. The molecule has 0 fully saturated rings. The standard InChI is InChI=1S/C39H35N3O8/c1-40(2)22-23-15-28(49-38(43)41-34-11-7-24(45-3)18-30(34)31-19-25(46-4)8-12-35(31)41)17-29(16-23)50-39(44)42-36-13-9-26(47-5)20-32(36)33-21-27(48-6)10-14-37(33)42/h7-21H,22H2,1-6H3. The number of nitrogens with zero attached hydrogens (tertiary/aromatic N) is 3. The van der Waals surface area contributed by atoms with Crippen LogP contribution in [-0.2, 0) is 6.54 Å². The molecular weight excluding hydrogens is 638 g/mol. The Labute approximate surface area is 287 Å². The third kappa shape index (κ3) is 5.77.